The van der Waals surface area contributed by atoms with Gasteiger partial charge in [0.25, 0.3) is 0 Å². The number of halogens is 2. The summed E-state index contributed by atoms with van der Waals surface area (Å²) in [7, 11) is 0. The number of hydrogen-bond acceptors (Lipinski definition) is 4. The van der Waals surface area contributed by atoms with Gasteiger partial charge >= 0.3 is 0 Å². The molecule has 22 heavy (non-hydrogen) atoms. The summed E-state index contributed by atoms with van der Waals surface area (Å²) in [6, 6.07) is 6.85. The van der Waals surface area contributed by atoms with Crippen molar-refractivity contribution in [2.75, 3.05) is 19.7 Å². The van der Waals surface area contributed by atoms with E-state index in [-0.39, 0.29) is 36.6 Å². The molecule has 1 aromatic carbocycles. The van der Waals surface area contributed by atoms with E-state index in [0.717, 1.165) is 5.75 Å². The van der Waals surface area contributed by atoms with Crippen molar-refractivity contribution in [3.8, 4) is 5.75 Å². The normalized spacial score (nSPS) is 22.3. The minimum Gasteiger partial charge on any atom is -0.489 e. The van der Waals surface area contributed by atoms with Gasteiger partial charge in [-0.3, -0.25) is 4.79 Å². The highest BCUT2D eigenvalue weighted by molar-refractivity contribution is 6.30. The number of morpholine rings is 1. The summed E-state index contributed by atoms with van der Waals surface area (Å²) in [5, 5.41) is 6.70. The lowest BCUT2D eigenvalue weighted by molar-refractivity contribution is -0.129. The molecule has 1 amide bonds. The number of ether oxygens (including phenoxy) is 2. The third-order valence-corrected chi connectivity index (χ3v) is 3.57. The van der Waals surface area contributed by atoms with Crippen LogP contribution < -0.4 is 15.4 Å². The van der Waals surface area contributed by atoms with Gasteiger partial charge in [-0.25, -0.2) is 0 Å². The van der Waals surface area contributed by atoms with Gasteiger partial charge in [-0.15, -0.1) is 12.4 Å². The number of nitrogens with one attached hydrogen (secondary N) is 2. The number of hydrogen-bond donors (Lipinski definition) is 2. The first-order valence-corrected chi connectivity index (χ1v) is 7.49. The molecule has 1 aromatic rings. The summed E-state index contributed by atoms with van der Waals surface area (Å²) >= 11 is 5.82. The van der Waals surface area contributed by atoms with Gasteiger partial charge < -0.3 is 20.1 Å². The molecule has 0 spiro atoms. The standard InChI is InChI=1S/C15H21ClN2O3.ClH/c1-10(21-13-5-3-12(16)4-6-13)9-18-15(19)14-11(2)20-8-7-17-14;/h3-6,10-11,14,17H,7-9H2,1-2H3,(H,18,19);1H/t10?,11-,14+;/m1./s1. The topological polar surface area (TPSA) is 59.6 Å². The SMILES string of the molecule is CC(CNC(=O)[C@H]1NCCO[C@@H]1C)Oc1ccc(Cl)cc1.Cl. The Hall–Kier alpha value is -1.01. The summed E-state index contributed by atoms with van der Waals surface area (Å²) in [5.74, 6) is 0.669. The van der Waals surface area contributed by atoms with E-state index in [0.29, 0.717) is 24.7 Å². The second-order valence-corrected chi connectivity index (χ2v) is 5.57. The lowest BCUT2D eigenvalue weighted by Gasteiger charge is -2.29. The van der Waals surface area contributed by atoms with Gasteiger partial charge in [-0.2, -0.15) is 0 Å². The highest BCUT2D eigenvalue weighted by Crippen LogP contribution is 2.16. The molecular weight excluding hydrogens is 327 g/mol. The molecule has 1 saturated heterocycles. The Kier molecular flexibility index (Phi) is 7.96. The molecule has 5 nitrogen and oxygen atoms in total. The van der Waals surface area contributed by atoms with Crippen LogP contribution in [0.1, 0.15) is 13.8 Å². The third kappa shape index (κ3) is 5.65. The number of amides is 1. The predicted octanol–water partition coefficient (Wildman–Crippen LogP) is 2.02. The summed E-state index contributed by atoms with van der Waals surface area (Å²) in [6.45, 7) is 5.57. The first-order valence-electron chi connectivity index (χ1n) is 7.11. The Labute approximate surface area is 142 Å². The van der Waals surface area contributed by atoms with Crippen LogP contribution in [-0.4, -0.2) is 43.9 Å². The minimum atomic E-state index is -0.304. The third-order valence-electron chi connectivity index (χ3n) is 3.31. The average molecular weight is 349 g/mol. The van der Waals surface area contributed by atoms with Crippen molar-refractivity contribution in [3.63, 3.8) is 0 Å². The van der Waals surface area contributed by atoms with Crippen molar-refractivity contribution in [2.45, 2.75) is 32.1 Å². The van der Waals surface area contributed by atoms with Crippen LogP contribution in [-0.2, 0) is 9.53 Å². The first kappa shape index (κ1) is 19.0. The molecule has 0 saturated carbocycles. The lowest BCUT2D eigenvalue weighted by Crippen LogP contribution is -2.56. The maximum atomic E-state index is 12.1. The average Bonchev–Trinajstić information content (AvgIpc) is 2.48. The Bertz CT molecular complexity index is 470. The molecule has 0 radical (unpaired) electrons. The monoisotopic (exact) mass is 348 g/mol. The van der Waals surface area contributed by atoms with Gasteiger partial charge in [0.2, 0.25) is 5.91 Å². The van der Waals surface area contributed by atoms with Crippen LogP contribution >= 0.6 is 24.0 Å². The Morgan fingerprint density at radius 3 is 2.82 bits per heavy atom. The molecule has 0 bridgehead atoms. The fourth-order valence-corrected chi connectivity index (χ4v) is 2.29. The molecule has 0 aromatic heterocycles. The smallest absolute Gasteiger partial charge is 0.239 e. The zero-order chi connectivity index (χ0) is 15.2. The van der Waals surface area contributed by atoms with Gasteiger partial charge in [0.05, 0.1) is 19.3 Å². The number of carbonyl (C=O) groups excluding carboxylic acids is 1. The van der Waals surface area contributed by atoms with E-state index >= 15 is 0 Å². The van der Waals surface area contributed by atoms with E-state index < -0.39 is 0 Å². The van der Waals surface area contributed by atoms with Crippen molar-refractivity contribution < 1.29 is 14.3 Å². The number of benzene rings is 1. The van der Waals surface area contributed by atoms with E-state index in [1.807, 2.05) is 13.8 Å². The van der Waals surface area contributed by atoms with Gasteiger partial charge in [0.1, 0.15) is 17.9 Å². The predicted molar refractivity (Wildman–Crippen MR) is 89.0 cm³/mol. The van der Waals surface area contributed by atoms with Gasteiger partial charge in [-0.05, 0) is 38.1 Å². The number of rotatable bonds is 5. The zero-order valence-electron chi connectivity index (χ0n) is 12.7. The summed E-state index contributed by atoms with van der Waals surface area (Å²) < 4.78 is 11.2. The Morgan fingerprint density at radius 2 is 2.18 bits per heavy atom. The molecule has 2 N–H and O–H groups in total. The molecule has 2 rings (SSSR count). The van der Waals surface area contributed by atoms with Crippen molar-refractivity contribution >= 4 is 29.9 Å². The van der Waals surface area contributed by atoms with Crippen molar-refractivity contribution in [2.24, 2.45) is 0 Å². The van der Waals surface area contributed by atoms with E-state index in [9.17, 15) is 4.79 Å². The molecule has 0 aliphatic carbocycles. The highest BCUT2D eigenvalue weighted by Gasteiger charge is 2.28. The molecular formula is C15H22Cl2N2O3. The molecule has 7 heteroatoms. The lowest BCUT2D eigenvalue weighted by atomic mass is 10.1. The van der Waals surface area contributed by atoms with Crippen LogP contribution in [0.4, 0.5) is 0 Å². The fourth-order valence-electron chi connectivity index (χ4n) is 2.17. The second kappa shape index (κ2) is 9.20. The highest BCUT2D eigenvalue weighted by atomic mass is 35.5. The van der Waals surface area contributed by atoms with Crippen molar-refractivity contribution in [1.29, 1.82) is 0 Å². The van der Waals surface area contributed by atoms with Crippen LogP contribution in [0.2, 0.25) is 5.02 Å². The fraction of sp³-hybridized carbons (Fsp3) is 0.533. The molecule has 1 unspecified atom stereocenters. The maximum absolute atomic E-state index is 12.1. The van der Waals surface area contributed by atoms with Gasteiger partial charge in [0.15, 0.2) is 0 Å². The van der Waals surface area contributed by atoms with Crippen LogP contribution in [0.25, 0.3) is 0 Å². The van der Waals surface area contributed by atoms with Gasteiger partial charge in [-0.1, -0.05) is 11.6 Å². The molecule has 124 valence electrons. The summed E-state index contributed by atoms with van der Waals surface area (Å²) in [4.78, 5) is 12.1. The molecule has 1 heterocycles. The van der Waals surface area contributed by atoms with Crippen LogP contribution in [0.15, 0.2) is 24.3 Å². The molecule has 1 aliphatic rings. The second-order valence-electron chi connectivity index (χ2n) is 5.14. The molecule has 1 fully saturated rings. The maximum Gasteiger partial charge on any atom is 0.239 e. The van der Waals surface area contributed by atoms with E-state index in [1.54, 1.807) is 24.3 Å². The molecule has 1 aliphatic heterocycles. The van der Waals surface area contributed by atoms with Crippen LogP contribution in [0, 0.1) is 0 Å². The largest absolute Gasteiger partial charge is 0.489 e. The Morgan fingerprint density at radius 1 is 1.50 bits per heavy atom. The van der Waals surface area contributed by atoms with E-state index in [1.165, 1.54) is 0 Å². The Balaban J connectivity index is 0.00000242. The quantitative estimate of drug-likeness (QED) is 0.854. The van der Waals surface area contributed by atoms with Gasteiger partial charge in [0, 0.05) is 11.6 Å². The van der Waals surface area contributed by atoms with E-state index in [4.69, 9.17) is 21.1 Å². The van der Waals surface area contributed by atoms with Crippen molar-refractivity contribution in [1.82, 2.24) is 10.6 Å². The zero-order valence-corrected chi connectivity index (χ0v) is 14.2. The van der Waals surface area contributed by atoms with Crippen molar-refractivity contribution in [3.05, 3.63) is 29.3 Å². The van der Waals surface area contributed by atoms with Crippen LogP contribution in [0.3, 0.4) is 0 Å². The van der Waals surface area contributed by atoms with Crippen LogP contribution in [0.5, 0.6) is 5.75 Å². The summed E-state index contributed by atoms with van der Waals surface area (Å²) in [6.07, 6.45) is -0.249. The minimum absolute atomic E-state index is 0. The molecule has 3 atom stereocenters. The summed E-state index contributed by atoms with van der Waals surface area (Å²) in [5.41, 5.74) is 0. The number of carbonyl (C=O) groups is 1. The van der Waals surface area contributed by atoms with E-state index in [2.05, 4.69) is 10.6 Å². The first-order chi connectivity index (χ1) is 10.1.